The monoisotopic (exact) mass is 338 g/mol. The van der Waals surface area contributed by atoms with Gasteiger partial charge >= 0.3 is 0 Å². The molecule has 25 heavy (non-hydrogen) atoms. The third-order valence-corrected chi connectivity index (χ3v) is 4.27. The second-order valence-electron chi connectivity index (χ2n) is 6.02. The van der Waals surface area contributed by atoms with E-state index >= 15 is 0 Å². The first-order valence-corrected chi connectivity index (χ1v) is 8.52. The fourth-order valence-corrected chi connectivity index (χ4v) is 3.11. The van der Waals surface area contributed by atoms with E-state index in [9.17, 15) is 9.59 Å². The molecule has 0 aromatic heterocycles. The van der Waals surface area contributed by atoms with Crippen molar-refractivity contribution in [2.45, 2.75) is 32.4 Å². The van der Waals surface area contributed by atoms with Crippen molar-refractivity contribution in [2.75, 3.05) is 11.4 Å². The SMILES string of the molecule is CCNC(=O)C1Cc2ccccc2N1C(=O)C(C)Oc1ccccc1. The number of hydrogen-bond donors (Lipinski definition) is 1. The zero-order valence-corrected chi connectivity index (χ0v) is 14.4. The van der Waals surface area contributed by atoms with Crippen LogP contribution in [0.2, 0.25) is 0 Å². The lowest BCUT2D eigenvalue weighted by atomic mass is 10.1. The highest BCUT2D eigenvalue weighted by atomic mass is 16.5. The number of nitrogens with zero attached hydrogens (tertiary/aromatic N) is 1. The van der Waals surface area contributed by atoms with Gasteiger partial charge in [0.1, 0.15) is 11.8 Å². The maximum atomic E-state index is 13.1. The topological polar surface area (TPSA) is 58.6 Å². The molecule has 0 saturated heterocycles. The van der Waals surface area contributed by atoms with Crippen molar-refractivity contribution >= 4 is 17.5 Å². The highest BCUT2D eigenvalue weighted by Crippen LogP contribution is 2.33. The van der Waals surface area contributed by atoms with Gasteiger partial charge < -0.3 is 10.1 Å². The van der Waals surface area contributed by atoms with Gasteiger partial charge in [-0.25, -0.2) is 0 Å². The first-order valence-electron chi connectivity index (χ1n) is 8.52. The summed E-state index contributed by atoms with van der Waals surface area (Å²) in [7, 11) is 0. The molecule has 2 unspecified atom stereocenters. The first kappa shape index (κ1) is 17.0. The molecule has 0 bridgehead atoms. The smallest absolute Gasteiger partial charge is 0.268 e. The Bertz CT molecular complexity index is 761. The van der Waals surface area contributed by atoms with Gasteiger partial charge in [-0.2, -0.15) is 0 Å². The van der Waals surface area contributed by atoms with Gasteiger partial charge in [0.05, 0.1) is 0 Å². The quantitative estimate of drug-likeness (QED) is 0.911. The molecule has 0 aliphatic carbocycles. The molecule has 1 aliphatic rings. The van der Waals surface area contributed by atoms with Crippen LogP contribution in [0.3, 0.4) is 0 Å². The Hall–Kier alpha value is -2.82. The minimum atomic E-state index is -0.689. The Balaban J connectivity index is 1.85. The van der Waals surface area contributed by atoms with Crippen molar-refractivity contribution in [3.8, 4) is 5.75 Å². The van der Waals surface area contributed by atoms with Gasteiger partial charge in [0, 0.05) is 18.7 Å². The van der Waals surface area contributed by atoms with Gasteiger partial charge in [0.15, 0.2) is 6.10 Å². The molecule has 130 valence electrons. The Morgan fingerprint density at radius 3 is 2.56 bits per heavy atom. The zero-order chi connectivity index (χ0) is 17.8. The van der Waals surface area contributed by atoms with Crippen LogP contribution in [-0.2, 0) is 16.0 Å². The van der Waals surface area contributed by atoms with Crippen LogP contribution in [0.4, 0.5) is 5.69 Å². The molecule has 0 spiro atoms. The van der Waals surface area contributed by atoms with Crippen molar-refractivity contribution in [1.82, 2.24) is 5.32 Å². The standard InChI is InChI=1S/C20H22N2O3/c1-3-21-19(23)18-13-15-9-7-8-12-17(15)22(18)20(24)14(2)25-16-10-5-4-6-11-16/h4-12,14,18H,3,13H2,1-2H3,(H,21,23). The maximum Gasteiger partial charge on any atom is 0.268 e. The van der Waals surface area contributed by atoms with Crippen LogP contribution < -0.4 is 15.0 Å². The number of para-hydroxylation sites is 2. The van der Waals surface area contributed by atoms with E-state index in [0.717, 1.165) is 11.3 Å². The van der Waals surface area contributed by atoms with Gasteiger partial charge in [0.2, 0.25) is 5.91 Å². The molecule has 1 aliphatic heterocycles. The van der Waals surface area contributed by atoms with E-state index in [4.69, 9.17) is 4.74 Å². The fourth-order valence-electron chi connectivity index (χ4n) is 3.11. The third-order valence-electron chi connectivity index (χ3n) is 4.27. The van der Waals surface area contributed by atoms with Gasteiger partial charge in [0.25, 0.3) is 5.91 Å². The minimum absolute atomic E-state index is 0.140. The molecule has 2 aromatic rings. The molecular weight excluding hydrogens is 316 g/mol. The summed E-state index contributed by atoms with van der Waals surface area (Å²) in [4.78, 5) is 27.1. The Morgan fingerprint density at radius 2 is 1.84 bits per heavy atom. The average molecular weight is 338 g/mol. The van der Waals surface area contributed by atoms with E-state index in [1.54, 1.807) is 11.8 Å². The number of rotatable bonds is 5. The van der Waals surface area contributed by atoms with Crippen LogP contribution in [0.25, 0.3) is 0 Å². The lowest BCUT2D eigenvalue weighted by Crippen LogP contribution is -2.51. The minimum Gasteiger partial charge on any atom is -0.481 e. The van der Waals surface area contributed by atoms with E-state index in [-0.39, 0.29) is 11.8 Å². The summed E-state index contributed by atoms with van der Waals surface area (Å²) in [6, 6.07) is 16.3. The highest BCUT2D eigenvalue weighted by molar-refractivity contribution is 6.05. The average Bonchev–Trinajstić information content (AvgIpc) is 3.01. The molecule has 2 amide bonds. The summed E-state index contributed by atoms with van der Waals surface area (Å²) < 4.78 is 5.77. The van der Waals surface area contributed by atoms with Crippen LogP contribution in [0.15, 0.2) is 54.6 Å². The number of hydrogen-bond acceptors (Lipinski definition) is 3. The molecule has 5 heteroatoms. The Morgan fingerprint density at radius 1 is 1.16 bits per heavy atom. The van der Waals surface area contributed by atoms with E-state index in [2.05, 4.69) is 5.32 Å². The summed E-state index contributed by atoms with van der Waals surface area (Å²) in [6.07, 6.45) is -0.170. The number of carbonyl (C=O) groups is 2. The number of carbonyl (C=O) groups excluding carboxylic acids is 2. The van der Waals surface area contributed by atoms with Gasteiger partial charge in [-0.3, -0.25) is 14.5 Å². The second-order valence-corrected chi connectivity index (χ2v) is 6.02. The third kappa shape index (κ3) is 3.50. The van der Waals surface area contributed by atoms with Crippen molar-refractivity contribution in [3.05, 3.63) is 60.2 Å². The number of ether oxygens (including phenoxy) is 1. The largest absolute Gasteiger partial charge is 0.481 e. The molecule has 2 aromatic carbocycles. The number of nitrogens with one attached hydrogen (secondary N) is 1. The summed E-state index contributed by atoms with van der Waals surface area (Å²) in [6.45, 7) is 4.11. The lowest BCUT2D eigenvalue weighted by Gasteiger charge is -2.27. The van der Waals surface area contributed by atoms with Crippen LogP contribution in [0.1, 0.15) is 19.4 Å². The molecule has 0 saturated carbocycles. The molecule has 0 fully saturated rings. The Labute approximate surface area is 147 Å². The predicted molar refractivity (Wildman–Crippen MR) is 96.6 cm³/mol. The van der Waals surface area contributed by atoms with E-state index < -0.39 is 12.1 Å². The number of benzene rings is 2. The Kier molecular flexibility index (Phi) is 5.03. The van der Waals surface area contributed by atoms with Crippen molar-refractivity contribution in [1.29, 1.82) is 0 Å². The second kappa shape index (κ2) is 7.38. The van der Waals surface area contributed by atoms with Crippen LogP contribution in [0.5, 0.6) is 5.75 Å². The molecule has 3 rings (SSSR count). The maximum absolute atomic E-state index is 13.1. The molecule has 2 atom stereocenters. The zero-order valence-electron chi connectivity index (χ0n) is 14.4. The van der Waals surface area contributed by atoms with E-state index in [1.807, 2.05) is 61.5 Å². The summed E-state index contributed by atoms with van der Waals surface area (Å²) >= 11 is 0. The van der Waals surface area contributed by atoms with Crippen molar-refractivity contribution in [2.24, 2.45) is 0 Å². The summed E-state index contributed by atoms with van der Waals surface area (Å²) in [5.74, 6) is 0.273. The molecular formula is C20H22N2O3. The van der Waals surface area contributed by atoms with Gasteiger partial charge in [-0.15, -0.1) is 0 Å². The van der Waals surface area contributed by atoms with Crippen molar-refractivity contribution in [3.63, 3.8) is 0 Å². The lowest BCUT2D eigenvalue weighted by molar-refractivity contribution is -0.129. The molecule has 1 heterocycles. The highest BCUT2D eigenvalue weighted by Gasteiger charge is 2.40. The van der Waals surface area contributed by atoms with Crippen molar-refractivity contribution < 1.29 is 14.3 Å². The number of amides is 2. The molecule has 5 nitrogen and oxygen atoms in total. The summed E-state index contributed by atoms with van der Waals surface area (Å²) in [5, 5.41) is 2.82. The van der Waals surface area contributed by atoms with Gasteiger partial charge in [-0.1, -0.05) is 36.4 Å². The van der Waals surface area contributed by atoms with Gasteiger partial charge in [-0.05, 0) is 37.6 Å². The number of anilines is 1. The number of fused-ring (bicyclic) bond motifs is 1. The normalized spacial score (nSPS) is 16.9. The van der Waals surface area contributed by atoms with E-state index in [0.29, 0.717) is 18.7 Å². The van der Waals surface area contributed by atoms with Crippen LogP contribution in [0, 0.1) is 0 Å². The molecule has 0 radical (unpaired) electrons. The predicted octanol–water partition coefficient (Wildman–Crippen LogP) is 2.55. The van der Waals surface area contributed by atoms with E-state index in [1.165, 1.54) is 0 Å². The first-order chi connectivity index (χ1) is 12.1. The molecule has 1 N–H and O–H groups in total. The van der Waals surface area contributed by atoms with Crippen LogP contribution in [-0.4, -0.2) is 30.5 Å². The van der Waals surface area contributed by atoms with Crippen LogP contribution >= 0.6 is 0 Å². The number of likely N-dealkylation sites (N-methyl/N-ethyl adjacent to an activating group) is 1. The fraction of sp³-hybridized carbons (Fsp3) is 0.300. The summed E-state index contributed by atoms with van der Waals surface area (Å²) in [5.41, 5.74) is 1.78.